The first-order valence-corrected chi connectivity index (χ1v) is 9.11. The molecule has 26 heavy (non-hydrogen) atoms. The fourth-order valence-electron chi connectivity index (χ4n) is 3.14. The highest BCUT2D eigenvalue weighted by Crippen LogP contribution is 2.18. The number of carbonyl (C=O) groups excluding carboxylic acids is 2. The van der Waals surface area contributed by atoms with Gasteiger partial charge in [0.25, 0.3) is 5.91 Å². The number of carbonyl (C=O) groups is 2. The number of amides is 2. The van der Waals surface area contributed by atoms with Crippen LogP contribution in [0.1, 0.15) is 35.2 Å². The average Bonchev–Trinajstić information content (AvgIpc) is 2.65. The largest absolute Gasteiger partial charge is 0.324 e. The summed E-state index contributed by atoms with van der Waals surface area (Å²) >= 11 is 0. The van der Waals surface area contributed by atoms with Crippen LogP contribution < -0.4 is 10.6 Å². The zero-order valence-electron chi connectivity index (χ0n) is 15.1. The second-order valence-corrected chi connectivity index (χ2v) is 6.75. The lowest BCUT2D eigenvalue weighted by atomic mass is 10.1. The van der Waals surface area contributed by atoms with Crippen molar-refractivity contribution >= 4 is 23.2 Å². The van der Waals surface area contributed by atoms with E-state index in [4.69, 9.17) is 0 Å². The molecule has 2 amide bonds. The number of aryl methyl sites for hydroxylation is 1. The molecule has 136 valence electrons. The summed E-state index contributed by atoms with van der Waals surface area (Å²) < 4.78 is 0. The minimum absolute atomic E-state index is 0.0810. The Labute approximate surface area is 154 Å². The highest BCUT2D eigenvalue weighted by Gasteiger charge is 2.17. The van der Waals surface area contributed by atoms with Gasteiger partial charge in [-0.25, -0.2) is 0 Å². The van der Waals surface area contributed by atoms with Gasteiger partial charge >= 0.3 is 0 Å². The van der Waals surface area contributed by atoms with Crippen molar-refractivity contribution in [3.05, 3.63) is 59.7 Å². The number of para-hydroxylation sites is 1. The molecule has 2 aromatic carbocycles. The lowest BCUT2D eigenvalue weighted by Gasteiger charge is -2.25. The van der Waals surface area contributed by atoms with Crippen molar-refractivity contribution in [3.63, 3.8) is 0 Å². The molecule has 0 bridgehead atoms. The summed E-state index contributed by atoms with van der Waals surface area (Å²) in [6.45, 7) is 4.29. The van der Waals surface area contributed by atoms with E-state index >= 15 is 0 Å². The second-order valence-electron chi connectivity index (χ2n) is 6.75. The lowest BCUT2D eigenvalue weighted by molar-refractivity contribution is -0.117. The molecule has 0 atom stereocenters. The van der Waals surface area contributed by atoms with Gasteiger partial charge in [-0.3, -0.25) is 14.5 Å². The molecule has 0 aliphatic carbocycles. The van der Waals surface area contributed by atoms with Gasteiger partial charge in [0.15, 0.2) is 0 Å². The van der Waals surface area contributed by atoms with E-state index in [1.807, 2.05) is 37.3 Å². The third-order valence-corrected chi connectivity index (χ3v) is 4.57. The first kappa shape index (κ1) is 18.1. The van der Waals surface area contributed by atoms with Crippen molar-refractivity contribution in [2.24, 2.45) is 0 Å². The number of hydrogen-bond donors (Lipinski definition) is 2. The maximum absolute atomic E-state index is 12.6. The smallest absolute Gasteiger partial charge is 0.257 e. The lowest BCUT2D eigenvalue weighted by Crippen LogP contribution is -2.37. The van der Waals surface area contributed by atoms with Gasteiger partial charge in [-0.2, -0.15) is 0 Å². The van der Waals surface area contributed by atoms with Crippen LogP contribution in [-0.2, 0) is 4.79 Å². The monoisotopic (exact) mass is 351 g/mol. The van der Waals surface area contributed by atoms with Gasteiger partial charge < -0.3 is 10.6 Å². The van der Waals surface area contributed by atoms with E-state index in [2.05, 4.69) is 15.5 Å². The van der Waals surface area contributed by atoms with Crippen LogP contribution >= 0.6 is 0 Å². The van der Waals surface area contributed by atoms with E-state index < -0.39 is 0 Å². The molecule has 0 radical (unpaired) electrons. The van der Waals surface area contributed by atoms with Crippen LogP contribution in [0.3, 0.4) is 0 Å². The normalized spacial score (nSPS) is 14.7. The maximum atomic E-state index is 12.6. The molecule has 0 saturated carbocycles. The van der Waals surface area contributed by atoms with Gasteiger partial charge in [-0.15, -0.1) is 0 Å². The van der Waals surface area contributed by atoms with E-state index in [1.54, 1.807) is 18.2 Å². The van der Waals surface area contributed by atoms with Crippen LogP contribution in [0.5, 0.6) is 0 Å². The van der Waals surface area contributed by atoms with Crippen molar-refractivity contribution in [2.75, 3.05) is 30.3 Å². The molecule has 1 heterocycles. The summed E-state index contributed by atoms with van der Waals surface area (Å²) in [4.78, 5) is 27.1. The van der Waals surface area contributed by atoms with E-state index in [0.717, 1.165) is 37.2 Å². The Morgan fingerprint density at radius 3 is 2.35 bits per heavy atom. The molecular formula is C21H25N3O2. The minimum atomic E-state index is -0.234. The van der Waals surface area contributed by atoms with Gasteiger partial charge in [0.2, 0.25) is 5.91 Å². The number of anilines is 2. The predicted molar refractivity (Wildman–Crippen MR) is 104 cm³/mol. The molecule has 2 N–H and O–H groups in total. The second kappa shape index (κ2) is 8.63. The topological polar surface area (TPSA) is 61.4 Å². The van der Waals surface area contributed by atoms with Crippen molar-refractivity contribution < 1.29 is 9.59 Å². The molecule has 0 aromatic heterocycles. The summed E-state index contributed by atoms with van der Waals surface area (Å²) in [7, 11) is 0. The number of nitrogens with one attached hydrogen (secondary N) is 2. The molecule has 1 aliphatic rings. The molecular weight excluding hydrogens is 326 g/mol. The Hall–Kier alpha value is -2.66. The van der Waals surface area contributed by atoms with Crippen LogP contribution in [0, 0.1) is 6.92 Å². The molecule has 3 rings (SSSR count). The van der Waals surface area contributed by atoms with Crippen LogP contribution in [0.4, 0.5) is 11.4 Å². The number of hydrogen-bond acceptors (Lipinski definition) is 3. The quantitative estimate of drug-likeness (QED) is 0.864. The Morgan fingerprint density at radius 2 is 1.62 bits per heavy atom. The summed E-state index contributed by atoms with van der Waals surface area (Å²) in [5.74, 6) is -0.315. The van der Waals surface area contributed by atoms with Crippen molar-refractivity contribution in [3.8, 4) is 0 Å². The van der Waals surface area contributed by atoms with E-state index in [0.29, 0.717) is 17.8 Å². The first-order valence-electron chi connectivity index (χ1n) is 9.11. The Balaban J connectivity index is 1.65. The van der Waals surface area contributed by atoms with E-state index in [9.17, 15) is 9.59 Å². The Kier molecular flexibility index (Phi) is 6.02. The number of likely N-dealkylation sites (tertiary alicyclic amines) is 1. The molecule has 1 saturated heterocycles. The fraction of sp³-hybridized carbons (Fsp3) is 0.333. The van der Waals surface area contributed by atoms with Crippen molar-refractivity contribution in [1.82, 2.24) is 4.90 Å². The van der Waals surface area contributed by atoms with E-state index in [-0.39, 0.29) is 11.8 Å². The average molecular weight is 351 g/mol. The third kappa shape index (κ3) is 4.92. The van der Waals surface area contributed by atoms with Crippen LogP contribution in [0.15, 0.2) is 48.5 Å². The molecule has 0 spiro atoms. The standard InChI is InChI=1S/C21H25N3O2/c1-16-9-11-17(12-10-16)22-21(26)18-7-3-4-8-19(18)23-20(25)15-24-13-5-2-6-14-24/h3-4,7-12H,2,5-6,13-15H2,1H3,(H,22,26)(H,23,25). The number of piperidine rings is 1. The molecule has 2 aromatic rings. The Morgan fingerprint density at radius 1 is 0.923 bits per heavy atom. The van der Waals surface area contributed by atoms with Crippen LogP contribution in [-0.4, -0.2) is 36.3 Å². The fourth-order valence-corrected chi connectivity index (χ4v) is 3.14. The zero-order chi connectivity index (χ0) is 18.4. The molecule has 0 unspecified atom stereocenters. The van der Waals surface area contributed by atoms with Crippen LogP contribution in [0.25, 0.3) is 0 Å². The van der Waals surface area contributed by atoms with Gasteiger partial charge in [-0.1, -0.05) is 36.2 Å². The van der Waals surface area contributed by atoms with Gasteiger partial charge in [-0.05, 0) is 57.1 Å². The van der Waals surface area contributed by atoms with Crippen molar-refractivity contribution in [1.29, 1.82) is 0 Å². The summed E-state index contributed by atoms with van der Waals surface area (Å²) in [6.07, 6.45) is 3.52. The third-order valence-electron chi connectivity index (χ3n) is 4.57. The molecule has 5 heteroatoms. The molecule has 1 aliphatic heterocycles. The SMILES string of the molecule is Cc1ccc(NC(=O)c2ccccc2NC(=O)CN2CCCCC2)cc1. The van der Waals surface area contributed by atoms with Crippen LogP contribution in [0.2, 0.25) is 0 Å². The predicted octanol–water partition coefficient (Wildman–Crippen LogP) is 3.67. The number of benzene rings is 2. The summed E-state index contributed by atoms with van der Waals surface area (Å²) in [6, 6.07) is 14.7. The molecule has 1 fully saturated rings. The first-order chi connectivity index (χ1) is 12.6. The van der Waals surface area contributed by atoms with Gasteiger partial charge in [0, 0.05) is 5.69 Å². The maximum Gasteiger partial charge on any atom is 0.257 e. The van der Waals surface area contributed by atoms with Crippen molar-refractivity contribution in [2.45, 2.75) is 26.2 Å². The highest BCUT2D eigenvalue weighted by molar-refractivity contribution is 6.10. The molecule has 5 nitrogen and oxygen atoms in total. The zero-order valence-corrected chi connectivity index (χ0v) is 15.1. The minimum Gasteiger partial charge on any atom is -0.324 e. The van der Waals surface area contributed by atoms with Gasteiger partial charge in [0.05, 0.1) is 17.8 Å². The van der Waals surface area contributed by atoms with Gasteiger partial charge in [0.1, 0.15) is 0 Å². The number of rotatable bonds is 5. The summed E-state index contributed by atoms with van der Waals surface area (Å²) in [5, 5.41) is 5.77. The van der Waals surface area contributed by atoms with E-state index in [1.165, 1.54) is 6.42 Å². The number of nitrogens with zero attached hydrogens (tertiary/aromatic N) is 1. The summed E-state index contributed by atoms with van der Waals surface area (Å²) in [5.41, 5.74) is 2.86. The highest BCUT2D eigenvalue weighted by atomic mass is 16.2. The Bertz CT molecular complexity index is 765.